The van der Waals surface area contributed by atoms with Crippen LogP contribution < -0.4 is 9.47 Å². The average molecular weight is 435 g/mol. The van der Waals surface area contributed by atoms with E-state index in [0.717, 1.165) is 60.9 Å². The van der Waals surface area contributed by atoms with E-state index in [4.69, 9.17) is 24.0 Å². The minimum absolute atomic E-state index is 0.255. The van der Waals surface area contributed by atoms with Crippen LogP contribution in [-0.4, -0.2) is 48.4 Å². The number of aromatic nitrogens is 2. The second-order valence-electron chi connectivity index (χ2n) is 8.34. The molecule has 3 aromatic rings. The highest BCUT2D eigenvalue weighted by Crippen LogP contribution is 2.31. The van der Waals surface area contributed by atoms with Crippen LogP contribution in [0.5, 0.6) is 11.5 Å². The second-order valence-corrected chi connectivity index (χ2v) is 8.34. The van der Waals surface area contributed by atoms with Crippen LogP contribution in [0.2, 0.25) is 0 Å². The number of nitrogens with zero attached hydrogens (tertiary/aromatic N) is 2. The highest BCUT2D eigenvalue weighted by atomic mass is 16.6. The van der Waals surface area contributed by atoms with Crippen LogP contribution in [0.1, 0.15) is 31.5 Å². The van der Waals surface area contributed by atoms with Crippen molar-refractivity contribution in [3.63, 3.8) is 0 Å². The molecule has 2 aliphatic heterocycles. The van der Waals surface area contributed by atoms with Crippen molar-refractivity contribution in [2.24, 2.45) is 0 Å². The summed E-state index contributed by atoms with van der Waals surface area (Å²) < 4.78 is 24.1. The summed E-state index contributed by atoms with van der Waals surface area (Å²) in [6, 6.07) is 16.4. The summed E-state index contributed by atoms with van der Waals surface area (Å²) in [5.74, 6) is 1.72. The van der Waals surface area contributed by atoms with Gasteiger partial charge in [-0.05, 0) is 61.4 Å². The van der Waals surface area contributed by atoms with Crippen molar-refractivity contribution >= 4 is 0 Å². The van der Waals surface area contributed by atoms with E-state index < -0.39 is 0 Å². The molecular formula is C26H30N2O4. The molecule has 2 fully saturated rings. The lowest BCUT2D eigenvalue weighted by atomic mass is 10.0. The number of hydrogen-bond donors (Lipinski definition) is 0. The predicted molar refractivity (Wildman–Crippen MR) is 123 cm³/mol. The van der Waals surface area contributed by atoms with Crippen LogP contribution in [0.25, 0.3) is 16.9 Å². The lowest BCUT2D eigenvalue weighted by Crippen LogP contribution is -2.05. The van der Waals surface area contributed by atoms with Crippen LogP contribution >= 0.6 is 0 Å². The first-order valence-electron chi connectivity index (χ1n) is 11.6. The summed E-state index contributed by atoms with van der Waals surface area (Å²) in [6.07, 6.45) is 3.50. The molecule has 32 heavy (non-hydrogen) atoms. The molecule has 0 aliphatic carbocycles. The molecule has 1 aromatic heterocycles. The van der Waals surface area contributed by atoms with E-state index in [9.17, 15) is 0 Å². The molecular weight excluding hydrogens is 404 g/mol. The third-order valence-electron chi connectivity index (χ3n) is 5.81. The SMILES string of the molecule is CCCc1c(-c2ccc(OCC3CO3)cc2)nn(-c2ccc(OCC3CO3)cc2)c1CC. The predicted octanol–water partition coefficient (Wildman–Crippen LogP) is 4.61. The number of benzene rings is 2. The van der Waals surface area contributed by atoms with Crippen molar-refractivity contribution in [1.29, 1.82) is 0 Å². The van der Waals surface area contributed by atoms with Crippen molar-refractivity contribution in [2.75, 3.05) is 26.4 Å². The molecule has 0 spiro atoms. The van der Waals surface area contributed by atoms with E-state index in [1.807, 2.05) is 24.3 Å². The Morgan fingerprint density at radius 1 is 0.875 bits per heavy atom. The van der Waals surface area contributed by atoms with Crippen LogP contribution in [0.15, 0.2) is 48.5 Å². The maximum Gasteiger partial charge on any atom is 0.119 e. The van der Waals surface area contributed by atoms with Crippen LogP contribution in [0, 0.1) is 0 Å². The molecule has 6 heteroatoms. The van der Waals surface area contributed by atoms with Gasteiger partial charge in [0.15, 0.2) is 0 Å². The normalized spacial score (nSPS) is 19.1. The van der Waals surface area contributed by atoms with E-state index in [-0.39, 0.29) is 12.2 Å². The van der Waals surface area contributed by atoms with Gasteiger partial charge in [0, 0.05) is 16.8 Å². The largest absolute Gasteiger partial charge is 0.491 e. The number of hydrogen-bond acceptors (Lipinski definition) is 5. The topological polar surface area (TPSA) is 61.3 Å². The van der Waals surface area contributed by atoms with Gasteiger partial charge in [-0.2, -0.15) is 5.10 Å². The second kappa shape index (κ2) is 9.35. The van der Waals surface area contributed by atoms with Gasteiger partial charge in [-0.15, -0.1) is 0 Å². The van der Waals surface area contributed by atoms with Gasteiger partial charge in [0.05, 0.1) is 24.6 Å². The highest BCUT2D eigenvalue weighted by Gasteiger charge is 2.24. The Labute approximate surface area is 189 Å². The summed E-state index contributed by atoms with van der Waals surface area (Å²) in [5.41, 5.74) is 5.78. The van der Waals surface area contributed by atoms with Crippen molar-refractivity contribution < 1.29 is 18.9 Å². The maximum atomic E-state index is 5.80. The Morgan fingerprint density at radius 2 is 1.44 bits per heavy atom. The van der Waals surface area contributed by atoms with Gasteiger partial charge >= 0.3 is 0 Å². The first kappa shape index (κ1) is 21.0. The Balaban J connectivity index is 1.41. The average Bonchev–Trinajstić information content (AvgIpc) is 3.76. The van der Waals surface area contributed by atoms with E-state index in [1.165, 1.54) is 11.3 Å². The number of ether oxygens (including phenoxy) is 4. The lowest BCUT2D eigenvalue weighted by molar-refractivity contribution is 0.263. The fourth-order valence-electron chi connectivity index (χ4n) is 3.91. The van der Waals surface area contributed by atoms with E-state index >= 15 is 0 Å². The Kier molecular flexibility index (Phi) is 6.14. The third kappa shape index (κ3) is 4.81. The van der Waals surface area contributed by atoms with Crippen molar-refractivity contribution in [3.05, 3.63) is 59.8 Å². The molecule has 2 unspecified atom stereocenters. The van der Waals surface area contributed by atoms with Gasteiger partial charge in [0.1, 0.15) is 36.9 Å². The van der Waals surface area contributed by atoms with E-state index in [1.54, 1.807) is 0 Å². The first-order valence-corrected chi connectivity index (χ1v) is 11.6. The summed E-state index contributed by atoms with van der Waals surface area (Å²) in [7, 11) is 0. The Hall–Kier alpha value is -2.83. The summed E-state index contributed by atoms with van der Waals surface area (Å²) in [5, 5.41) is 5.06. The van der Waals surface area contributed by atoms with Gasteiger partial charge in [-0.1, -0.05) is 20.3 Å². The highest BCUT2D eigenvalue weighted by molar-refractivity contribution is 5.66. The number of epoxide rings is 2. The van der Waals surface area contributed by atoms with Gasteiger partial charge in [0.2, 0.25) is 0 Å². The molecule has 0 bridgehead atoms. The fourth-order valence-corrected chi connectivity index (χ4v) is 3.91. The molecule has 3 heterocycles. The monoisotopic (exact) mass is 434 g/mol. The standard InChI is InChI=1S/C26H30N2O4/c1-3-5-24-25(4-2)28(19-8-12-21(13-9-19)30-15-23-17-32-23)27-26(24)18-6-10-20(11-7-18)29-14-22-16-31-22/h6-13,22-23H,3-5,14-17H2,1-2H3. The molecule has 5 rings (SSSR count). The van der Waals surface area contributed by atoms with E-state index in [2.05, 4.69) is 42.8 Å². The summed E-state index contributed by atoms with van der Waals surface area (Å²) in [4.78, 5) is 0. The molecule has 6 nitrogen and oxygen atoms in total. The smallest absolute Gasteiger partial charge is 0.119 e. The molecule has 2 saturated heterocycles. The van der Waals surface area contributed by atoms with Crippen molar-refractivity contribution in [2.45, 2.75) is 45.3 Å². The third-order valence-corrected chi connectivity index (χ3v) is 5.81. The van der Waals surface area contributed by atoms with Crippen LogP contribution in [0.3, 0.4) is 0 Å². The molecule has 2 atom stereocenters. The number of rotatable bonds is 11. The van der Waals surface area contributed by atoms with Crippen LogP contribution in [-0.2, 0) is 22.3 Å². The lowest BCUT2D eigenvalue weighted by Gasteiger charge is -2.09. The van der Waals surface area contributed by atoms with Crippen molar-refractivity contribution in [1.82, 2.24) is 9.78 Å². The zero-order valence-corrected chi connectivity index (χ0v) is 18.8. The molecule has 0 N–H and O–H groups in total. The Bertz CT molecular complexity index is 1030. The molecule has 0 saturated carbocycles. The molecule has 0 amide bonds. The fraction of sp³-hybridized carbons (Fsp3) is 0.423. The molecule has 2 aromatic carbocycles. The zero-order chi connectivity index (χ0) is 21.9. The minimum atomic E-state index is 0.255. The summed E-state index contributed by atoms with van der Waals surface area (Å²) in [6.45, 7) is 7.24. The van der Waals surface area contributed by atoms with Gasteiger partial charge in [-0.25, -0.2) is 4.68 Å². The molecule has 2 aliphatic rings. The zero-order valence-electron chi connectivity index (χ0n) is 18.8. The summed E-state index contributed by atoms with van der Waals surface area (Å²) >= 11 is 0. The first-order chi connectivity index (χ1) is 15.7. The molecule has 0 radical (unpaired) electrons. The Morgan fingerprint density at radius 3 is 1.94 bits per heavy atom. The van der Waals surface area contributed by atoms with Crippen molar-refractivity contribution in [3.8, 4) is 28.4 Å². The quantitative estimate of drug-likeness (QED) is 0.413. The van der Waals surface area contributed by atoms with E-state index in [0.29, 0.717) is 13.2 Å². The molecule has 168 valence electrons. The maximum absolute atomic E-state index is 5.80. The minimum Gasteiger partial charge on any atom is -0.491 e. The van der Waals surface area contributed by atoms with Gasteiger partial charge in [-0.3, -0.25) is 0 Å². The van der Waals surface area contributed by atoms with Gasteiger partial charge in [0.25, 0.3) is 0 Å². The van der Waals surface area contributed by atoms with Gasteiger partial charge < -0.3 is 18.9 Å². The van der Waals surface area contributed by atoms with Crippen LogP contribution in [0.4, 0.5) is 0 Å².